The number of methoxy groups -OCH3 is 2. The minimum atomic E-state index is -2.24. The van der Waals surface area contributed by atoms with Crippen LogP contribution < -0.4 is 21.7 Å². The molecule has 0 aromatic heterocycles. The minimum Gasteiger partial charge on any atom is -0.549 e. The first-order chi connectivity index (χ1) is 25.8. The minimum absolute atomic E-state index is 0. The summed E-state index contributed by atoms with van der Waals surface area (Å²) in [5.74, 6) is -3.50. The number of carbonyl (C=O) groups is 2. The molecule has 0 spiro atoms. The van der Waals surface area contributed by atoms with Crippen LogP contribution in [0.3, 0.4) is 0 Å². The van der Waals surface area contributed by atoms with Crippen molar-refractivity contribution in [3.63, 3.8) is 0 Å². The number of hydrogen-bond donors (Lipinski definition) is 2. The van der Waals surface area contributed by atoms with Crippen molar-refractivity contribution in [3.05, 3.63) is 0 Å². The fourth-order valence-electron chi connectivity index (χ4n) is 4.55. The molecule has 2 atom stereocenters. The van der Waals surface area contributed by atoms with Crippen molar-refractivity contribution in [2.45, 2.75) is 50.6 Å². The number of ether oxygens (including phenoxy) is 12. The summed E-state index contributed by atoms with van der Waals surface area (Å²) in [7, 11) is 3.22. The van der Waals surface area contributed by atoms with E-state index in [9.17, 15) is 19.8 Å². The first kappa shape index (κ1) is 55.2. The van der Waals surface area contributed by atoms with Crippen LogP contribution in [0.1, 0.15) is 38.5 Å². The molecule has 1 aliphatic rings. The summed E-state index contributed by atoms with van der Waals surface area (Å²) in [4.78, 5) is 23.4. The smallest absolute Gasteiger partial charge is 0.549 e. The third-order valence-corrected chi connectivity index (χ3v) is 7.84. The van der Waals surface area contributed by atoms with Crippen molar-refractivity contribution < 1.29 is 97.7 Å². The summed E-state index contributed by atoms with van der Waals surface area (Å²) in [6.07, 6.45) is 4.13. The molecule has 4 N–H and O–H groups in total. The van der Waals surface area contributed by atoms with E-state index in [0.717, 1.165) is 12.8 Å². The van der Waals surface area contributed by atoms with Crippen LogP contribution in [0.2, 0.25) is 0 Å². The van der Waals surface area contributed by atoms with Crippen LogP contribution >= 0.6 is 0 Å². The Morgan fingerprint density at radius 2 is 0.648 bits per heavy atom. The largest absolute Gasteiger partial charge is 2.00 e. The van der Waals surface area contributed by atoms with Gasteiger partial charge in [-0.1, -0.05) is 12.8 Å². The molecular weight excluding hydrogens is 899 g/mol. The molecule has 1 rings (SSSR count). The zero-order valence-corrected chi connectivity index (χ0v) is 34.7. The van der Waals surface area contributed by atoms with Gasteiger partial charge in [-0.05, 0) is 25.7 Å². The predicted octanol–water partition coefficient (Wildman–Crippen LogP) is -2.08. The number of rotatable bonds is 38. The van der Waals surface area contributed by atoms with Crippen LogP contribution in [0.4, 0.5) is 0 Å². The van der Waals surface area contributed by atoms with Gasteiger partial charge in [0, 0.05) is 39.5 Å². The topological polar surface area (TPSA) is 243 Å². The molecule has 0 saturated heterocycles. The van der Waals surface area contributed by atoms with Gasteiger partial charge in [-0.15, -0.1) is 0 Å². The van der Waals surface area contributed by atoms with Crippen molar-refractivity contribution >= 4 is 11.9 Å². The summed E-state index contributed by atoms with van der Waals surface area (Å²) in [6, 6.07) is 0.562. The van der Waals surface area contributed by atoms with Crippen LogP contribution in [0, 0.1) is 5.41 Å². The monoisotopic (exact) mass is 967 g/mol. The molecule has 324 valence electrons. The third kappa shape index (κ3) is 33.2. The molecule has 1 aliphatic carbocycles. The molecule has 1 fully saturated rings. The van der Waals surface area contributed by atoms with Crippen molar-refractivity contribution in [1.29, 1.82) is 0 Å². The Hall–Kier alpha value is -0.932. The van der Waals surface area contributed by atoms with Gasteiger partial charge < -0.3 is 88.1 Å². The Balaban J connectivity index is 0. The van der Waals surface area contributed by atoms with Crippen molar-refractivity contribution in [2.24, 2.45) is 16.9 Å². The average molecular weight is 968 g/mol. The predicted molar refractivity (Wildman–Crippen MR) is 188 cm³/mol. The van der Waals surface area contributed by atoms with Crippen LogP contribution in [-0.4, -0.2) is 184 Å². The summed E-state index contributed by atoms with van der Waals surface area (Å²) in [6.45, 7) is 7.70. The second-order valence-corrected chi connectivity index (χ2v) is 11.9. The molecule has 54 heavy (non-hydrogen) atoms. The number of hydrogen-bond acceptors (Lipinski definition) is 18. The Morgan fingerprint density at radius 3 is 0.833 bits per heavy atom. The van der Waals surface area contributed by atoms with Gasteiger partial charge in [-0.25, -0.2) is 0 Å². The zero-order valence-electron chi connectivity index (χ0n) is 32.5. The molecule has 1 saturated carbocycles. The van der Waals surface area contributed by atoms with Gasteiger partial charge in [0.2, 0.25) is 0 Å². The number of carbonyl (C=O) groups excluding carboxylic acids is 2. The molecule has 0 bridgehead atoms. The molecule has 0 radical (unpaired) electrons. The van der Waals surface area contributed by atoms with E-state index in [0.29, 0.717) is 106 Å². The van der Waals surface area contributed by atoms with Crippen LogP contribution in [-0.2, 0) is 87.5 Å². The first-order valence-corrected chi connectivity index (χ1v) is 18.5. The second-order valence-electron chi connectivity index (χ2n) is 11.9. The number of nitrogens with two attached hydrogens (primary N) is 2. The molecule has 0 aliphatic heterocycles. The molecule has 0 aromatic carbocycles. The number of carboxylic acids is 2. The SMILES string of the molecule is COCCOCCOCCOCCOCCOCCC(CCOCCOCCOCCOCCOCCOC)(C(=O)[O-])C(=O)[O-].N[C@@H]1CCCC[C@H]1N.[Pt+2]. The third-order valence-electron chi connectivity index (χ3n) is 7.84. The average Bonchev–Trinajstić information content (AvgIpc) is 3.14. The maximum atomic E-state index is 11.7. The summed E-state index contributed by atoms with van der Waals surface area (Å²) >= 11 is 0. The van der Waals surface area contributed by atoms with Gasteiger partial charge >= 0.3 is 21.1 Å². The Bertz CT molecular complexity index is 759. The summed E-state index contributed by atoms with van der Waals surface area (Å²) < 4.78 is 63.2. The van der Waals surface area contributed by atoms with Gasteiger partial charge in [0.15, 0.2) is 0 Å². The van der Waals surface area contributed by atoms with Crippen molar-refractivity contribution in [1.82, 2.24) is 0 Å². The molecule has 18 nitrogen and oxygen atoms in total. The van der Waals surface area contributed by atoms with E-state index < -0.39 is 17.4 Å². The van der Waals surface area contributed by atoms with Gasteiger partial charge in [0.25, 0.3) is 0 Å². The van der Waals surface area contributed by atoms with E-state index in [1.165, 1.54) is 12.8 Å². The maximum absolute atomic E-state index is 11.7. The van der Waals surface area contributed by atoms with Crippen LogP contribution in [0.25, 0.3) is 0 Å². The Labute approximate surface area is 335 Å². The van der Waals surface area contributed by atoms with E-state index in [1.807, 2.05) is 0 Å². The Kier molecular flexibility index (Phi) is 42.6. The Morgan fingerprint density at radius 1 is 0.444 bits per heavy atom. The van der Waals surface area contributed by atoms with E-state index in [2.05, 4.69) is 0 Å². The maximum Gasteiger partial charge on any atom is 2.00 e. The zero-order chi connectivity index (χ0) is 39.1. The van der Waals surface area contributed by atoms with Gasteiger partial charge in [-0.2, -0.15) is 0 Å². The van der Waals surface area contributed by atoms with E-state index in [4.69, 9.17) is 68.3 Å². The van der Waals surface area contributed by atoms with E-state index in [1.54, 1.807) is 14.2 Å². The van der Waals surface area contributed by atoms with E-state index >= 15 is 0 Å². The molecule has 0 unspecified atom stereocenters. The fraction of sp³-hybridized carbons (Fsp3) is 0.943. The number of carboxylic acid groups (broad SMARTS) is 2. The fourth-order valence-corrected chi connectivity index (χ4v) is 4.55. The molecule has 19 heteroatoms. The molecular formula is C35H68N2O16Pt. The van der Waals surface area contributed by atoms with E-state index in [-0.39, 0.29) is 85.6 Å². The number of aliphatic carboxylic acids is 2. The van der Waals surface area contributed by atoms with Crippen LogP contribution in [0.15, 0.2) is 0 Å². The van der Waals surface area contributed by atoms with Gasteiger partial charge in [0.1, 0.15) is 0 Å². The van der Waals surface area contributed by atoms with Crippen LogP contribution in [0.5, 0.6) is 0 Å². The standard InChI is InChI=1S/C29H56O16.C6H14N2.Pt/c1-34-7-9-38-15-17-42-23-25-44-21-19-40-13-11-36-5-3-29(27(30)31,28(32)33)4-6-37-12-14-41-20-22-45-26-24-43-18-16-39-10-8-35-2;7-5-3-1-2-4-6(5)8;/h3-26H2,1-2H3,(H,30,31)(H,32,33);5-6H,1-4,7-8H2;/q;;+2/p-2/t;5-,6-;/m.1./s1. The quantitative estimate of drug-likeness (QED) is 0.0499. The van der Waals surface area contributed by atoms with Crippen molar-refractivity contribution in [3.8, 4) is 0 Å². The van der Waals surface area contributed by atoms with Gasteiger partial charge in [0.05, 0.1) is 149 Å². The van der Waals surface area contributed by atoms with Gasteiger partial charge in [-0.3, -0.25) is 0 Å². The first-order valence-electron chi connectivity index (χ1n) is 18.5. The van der Waals surface area contributed by atoms with Crippen molar-refractivity contribution in [2.75, 3.05) is 160 Å². The normalized spacial score (nSPS) is 15.7. The summed E-state index contributed by atoms with van der Waals surface area (Å²) in [5.41, 5.74) is 9.07. The molecule has 0 aromatic rings. The summed E-state index contributed by atoms with van der Waals surface area (Å²) in [5, 5.41) is 23.4. The molecule has 0 amide bonds. The molecule has 0 heterocycles. The second kappa shape index (κ2) is 41.7.